The highest BCUT2D eigenvalue weighted by Crippen LogP contribution is 2.34. The third-order valence-corrected chi connectivity index (χ3v) is 4.03. The monoisotopic (exact) mass is 218 g/mol. The molecule has 1 saturated carbocycles. The minimum Gasteiger partial charge on any atom is -0.508 e. The molecule has 1 atom stereocenters. The third-order valence-electron chi connectivity index (χ3n) is 4.03. The molecule has 2 rings (SSSR count). The van der Waals surface area contributed by atoms with Crippen LogP contribution in [0.3, 0.4) is 0 Å². The molecule has 1 heteroatoms. The Balaban J connectivity index is 1.97. The highest BCUT2D eigenvalue weighted by Gasteiger charge is 2.23. The molecule has 0 amide bonds. The molecular weight excluding hydrogens is 196 g/mol. The largest absolute Gasteiger partial charge is 0.508 e. The van der Waals surface area contributed by atoms with Crippen LogP contribution in [-0.2, 0) is 6.42 Å². The van der Waals surface area contributed by atoms with Crippen molar-refractivity contribution in [3.8, 4) is 5.75 Å². The summed E-state index contributed by atoms with van der Waals surface area (Å²) in [5.74, 6) is 2.16. The number of aromatic hydroxyl groups is 1. The van der Waals surface area contributed by atoms with E-state index in [9.17, 15) is 5.11 Å². The Morgan fingerprint density at radius 1 is 1.19 bits per heavy atom. The lowest BCUT2D eigenvalue weighted by Crippen LogP contribution is -2.13. The van der Waals surface area contributed by atoms with Crippen LogP contribution >= 0.6 is 0 Å². The summed E-state index contributed by atoms with van der Waals surface area (Å²) in [4.78, 5) is 0. The quantitative estimate of drug-likeness (QED) is 0.805. The van der Waals surface area contributed by atoms with Gasteiger partial charge in [-0.15, -0.1) is 0 Å². The minimum atomic E-state index is 0.373. The molecule has 1 aliphatic carbocycles. The van der Waals surface area contributed by atoms with Crippen molar-refractivity contribution in [2.75, 3.05) is 0 Å². The van der Waals surface area contributed by atoms with E-state index < -0.39 is 0 Å². The van der Waals surface area contributed by atoms with Crippen LogP contribution in [0.4, 0.5) is 0 Å². The number of rotatable bonds is 4. The SMILES string of the molecule is CCC(Cc1ccc(O)cc1)C1CCCC1. The molecule has 0 bridgehead atoms. The Kier molecular flexibility index (Phi) is 3.87. The zero-order valence-corrected chi connectivity index (χ0v) is 10.2. The maximum absolute atomic E-state index is 9.26. The maximum Gasteiger partial charge on any atom is 0.115 e. The normalized spacial score (nSPS) is 18.8. The highest BCUT2D eigenvalue weighted by atomic mass is 16.3. The van der Waals surface area contributed by atoms with Crippen molar-refractivity contribution in [1.82, 2.24) is 0 Å². The third kappa shape index (κ3) is 2.78. The highest BCUT2D eigenvalue weighted by molar-refractivity contribution is 5.26. The summed E-state index contributed by atoms with van der Waals surface area (Å²) in [5.41, 5.74) is 1.37. The van der Waals surface area contributed by atoms with E-state index in [0.29, 0.717) is 5.75 Å². The first-order valence-corrected chi connectivity index (χ1v) is 6.57. The van der Waals surface area contributed by atoms with Crippen LogP contribution in [0.2, 0.25) is 0 Å². The van der Waals surface area contributed by atoms with Gasteiger partial charge in [0.2, 0.25) is 0 Å². The van der Waals surface area contributed by atoms with Gasteiger partial charge < -0.3 is 5.11 Å². The van der Waals surface area contributed by atoms with E-state index in [0.717, 1.165) is 11.8 Å². The van der Waals surface area contributed by atoms with Crippen molar-refractivity contribution in [3.63, 3.8) is 0 Å². The van der Waals surface area contributed by atoms with Gasteiger partial charge in [0.15, 0.2) is 0 Å². The molecule has 0 aliphatic heterocycles. The first-order chi connectivity index (χ1) is 7.79. The summed E-state index contributed by atoms with van der Waals surface area (Å²) in [6.45, 7) is 2.31. The summed E-state index contributed by atoms with van der Waals surface area (Å²) in [6, 6.07) is 7.73. The molecule has 0 spiro atoms. The summed E-state index contributed by atoms with van der Waals surface area (Å²) < 4.78 is 0. The van der Waals surface area contributed by atoms with E-state index in [1.165, 1.54) is 44.1 Å². The lowest BCUT2D eigenvalue weighted by Gasteiger charge is -2.22. The first-order valence-electron chi connectivity index (χ1n) is 6.57. The Morgan fingerprint density at radius 2 is 1.81 bits per heavy atom. The average Bonchev–Trinajstić information content (AvgIpc) is 2.82. The molecule has 1 N–H and O–H groups in total. The summed E-state index contributed by atoms with van der Waals surface area (Å²) in [6.07, 6.45) is 8.17. The fourth-order valence-corrected chi connectivity index (χ4v) is 3.01. The van der Waals surface area contributed by atoms with Gasteiger partial charge in [-0.2, -0.15) is 0 Å². The predicted octanol–water partition coefficient (Wildman–Crippen LogP) is 4.15. The molecule has 16 heavy (non-hydrogen) atoms. The second kappa shape index (κ2) is 5.38. The van der Waals surface area contributed by atoms with Crippen molar-refractivity contribution in [2.45, 2.75) is 45.4 Å². The van der Waals surface area contributed by atoms with Crippen LogP contribution in [0.15, 0.2) is 24.3 Å². The van der Waals surface area contributed by atoms with Gasteiger partial charge in [0.05, 0.1) is 0 Å². The number of hydrogen-bond acceptors (Lipinski definition) is 1. The molecule has 0 radical (unpaired) electrons. The van der Waals surface area contributed by atoms with Crippen LogP contribution in [0.25, 0.3) is 0 Å². The van der Waals surface area contributed by atoms with E-state index in [4.69, 9.17) is 0 Å². The number of phenols is 1. The molecule has 0 heterocycles. The van der Waals surface area contributed by atoms with Gasteiger partial charge in [0, 0.05) is 0 Å². The van der Waals surface area contributed by atoms with Crippen LogP contribution in [0.1, 0.15) is 44.6 Å². The molecule has 0 saturated heterocycles. The predicted molar refractivity (Wildman–Crippen MR) is 67.5 cm³/mol. The molecule has 1 nitrogen and oxygen atoms in total. The zero-order chi connectivity index (χ0) is 11.4. The van der Waals surface area contributed by atoms with Crippen LogP contribution in [-0.4, -0.2) is 5.11 Å². The fraction of sp³-hybridized carbons (Fsp3) is 0.600. The molecule has 1 fully saturated rings. The van der Waals surface area contributed by atoms with Crippen LogP contribution in [0, 0.1) is 11.8 Å². The molecule has 88 valence electrons. The van der Waals surface area contributed by atoms with E-state index in [1.54, 1.807) is 12.1 Å². The molecule has 1 aromatic rings. The maximum atomic E-state index is 9.26. The van der Waals surface area contributed by atoms with Gasteiger partial charge in [-0.25, -0.2) is 0 Å². The van der Waals surface area contributed by atoms with Gasteiger partial charge in [-0.3, -0.25) is 0 Å². The Bertz CT molecular complexity index is 309. The molecule has 1 aliphatic rings. The van der Waals surface area contributed by atoms with Crippen molar-refractivity contribution >= 4 is 0 Å². The number of hydrogen-bond donors (Lipinski definition) is 1. The van der Waals surface area contributed by atoms with Crippen molar-refractivity contribution in [3.05, 3.63) is 29.8 Å². The number of benzene rings is 1. The molecule has 0 aromatic heterocycles. The second-order valence-electron chi connectivity index (χ2n) is 5.08. The average molecular weight is 218 g/mol. The van der Waals surface area contributed by atoms with E-state index in [1.807, 2.05) is 0 Å². The second-order valence-corrected chi connectivity index (χ2v) is 5.08. The summed E-state index contributed by atoms with van der Waals surface area (Å²) >= 11 is 0. The van der Waals surface area contributed by atoms with Gasteiger partial charge in [0.1, 0.15) is 5.75 Å². The Labute approximate surface area is 98.5 Å². The summed E-state index contributed by atoms with van der Waals surface area (Å²) in [7, 11) is 0. The van der Waals surface area contributed by atoms with Gasteiger partial charge in [-0.1, -0.05) is 51.2 Å². The van der Waals surface area contributed by atoms with Crippen molar-refractivity contribution in [1.29, 1.82) is 0 Å². The lowest BCUT2D eigenvalue weighted by atomic mass is 9.84. The Morgan fingerprint density at radius 3 is 2.38 bits per heavy atom. The van der Waals surface area contributed by atoms with Gasteiger partial charge in [-0.05, 0) is 36.0 Å². The fourth-order valence-electron chi connectivity index (χ4n) is 3.01. The van der Waals surface area contributed by atoms with Gasteiger partial charge in [0.25, 0.3) is 0 Å². The Hall–Kier alpha value is -0.980. The van der Waals surface area contributed by atoms with Crippen LogP contribution < -0.4 is 0 Å². The van der Waals surface area contributed by atoms with Crippen molar-refractivity contribution < 1.29 is 5.11 Å². The standard InChI is InChI=1S/C15H22O/c1-2-13(14-5-3-4-6-14)11-12-7-9-15(16)10-8-12/h7-10,13-14,16H,2-6,11H2,1H3. The number of phenolic OH excluding ortho intramolecular Hbond substituents is 1. The lowest BCUT2D eigenvalue weighted by molar-refractivity contribution is 0.327. The first kappa shape index (κ1) is 11.5. The zero-order valence-electron chi connectivity index (χ0n) is 10.2. The van der Waals surface area contributed by atoms with Crippen molar-refractivity contribution in [2.24, 2.45) is 11.8 Å². The molecule has 1 unspecified atom stereocenters. The minimum absolute atomic E-state index is 0.373. The van der Waals surface area contributed by atoms with E-state index in [2.05, 4.69) is 19.1 Å². The van der Waals surface area contributed by atoms with E-state index >= 15 is 0 Å². The smallest absolute Gasteiger partial charge is 0.115 e. The van der Waals surface area contributed by atoms with Crippen LogP contribution in [0.5, 0.6) is 5.75 Å². The van der Waals surface area contributed by atoms with E-state index in [-0.39, 0.29) is 0 Å². The topological polar surface area (TPSA) is 20.2 Å². The van der Waals surface area contributed by atoms with Gasteiger partial charge >= 0.3 is 0 Å². The molecule has 1 aromatic carbocycles. The molecular formula is C15H22O. The summed E-state index contributed by atoms with van der Waals surface area (Å²) in [5, 5.41) is 9.26.